The van der Waals surface area contributed by atoms with Gasteiger partial charge in [-0.25, -0.2) is 14.6 Å². The molecule has 2 rings (SSSR count). The molecule has 0 amide bonds. The van der Waals surface area contributed by atoms with E-state index in [1.165, 1.54) is 0 Å². The summed E-state index contributed by atoms with van der Waals surface area (Å²) in [5.41, 5.74) is 2.75. The van der Waals surface area contributed by atoms with Crippen molar-refractivity contribution in [2.24, 2.45) is 0 Å². The molecule has 1 aromatic heterocycles. The van der Waals surface area contributed by atoms with Crippen LogP contribution in [0.3, 0.4) is 0 Å². The molecule has 25 heavy (non-hydrogen) atoms. The molecule has 0 saturated carbocycles. The molecule has 0 aromatic carbocycles. The van der Waals surface area contributed by atoms with Gasteiger partial charge in [-0.3, -0.25) is 0 Å². The second kappa shape index (κ2) is 8.29. The quantitative estimate of drug-likeness (QED) is 0.595. The van der Waals surface area contributed by atoms with Gasteiger partial charge in [-0.1, -0.05) is 6.07 Å². The van der Waals surface area contributed by atoms with Crippen LogP contribution in [0, 0.1) is 0 Å². The summed E-state index contributed by atoms with van der Waals surface area (Å²) >= 11 is 3.42. The first-order valence-electron chi connectivity index (χ1n) is 8.05. The van der Waals surface area contributed by atoms with Gasteiger partial charge >= 0.3 is 11.9 Å². The van der Waals surface area contributed by atoms with Crippen molar-refractivity contribution in [3.05, 3.63) is 51.0 Å². The fraction of sp³-hybridized carbons (Fsp3) is 0.389. The number of hydrogen-bond donors (Lipinski definition) is 1. The van der Waals surface area contributed by atoms with E-state index < -0.39 is 17.9 Å². The average molecular weight is 409 g/mol. The lowest BCUT2D eigenvalue weighted by atomic mass is 9.81. The van der Waals surface area contributed by atoms with Crippen molar-refractivity contribution in [3.63, 3.8) is 0 Å². The Morgan fingerprint density at radius 1 is 1.12 bits per heavy atom. The molecule has 0 bridgehead atoms. The number of hydrogen-bond acceptors (Lipinski definition) is 6. The van der Waals surface area contributed by atoms with Gasteiger partial charge in [0.2, 0.25) is 0 Å². The summed E-state index contributed by atoms with van der Waals surface area (Å²) in [4.78, 5) is 29.4. The molecule has 7 heteroatoms. The second-order valence-corrected chi connectivity index (χ2v) is 6.21. The van der Waals surface area contributed by atoms with Crippen molar-refractivity contribution in [3.8, 4) is 0 Å². The summed E-state index contributed by atoms with van der Waals surface area (Å²) in [6, 6.07) is 3.59. The third-order valence-corrected chi connectivity index (χ3v) is 4.51. The van der Waals surface area contributed by atoms with E-state index in [0.29, 0.717) is 32.7 Å². The first-order valence-corrected chi connectivity index (χ1v) is 8.84. The minimum Gasteiger partial charge on any atom is -0.463 e. The SMILES string of the molecule is CCOC(=O)C1=C(C)NC(C)=C(C(=O)OCC)C1c1cccnc1Br. The van der Waals surface area contributed by atoms with Crippen molar-refractivity contribution in [2.75, 3.05) is 13.2 Å². The number of esters is 2. The Morgan fingerprint density at radius 3 is 2.08 bits per heavy atom. The van der Waals surface area contributed by atoms with E-state index in [-0.39, 0.29) is 13.2 Å². The highest BCUT2D eigenvalue weighted by molar-refractivity contribution is 9.10. The summed E-state index contributed by atoms with van der Waals surface area (Å²) in [6.45, 7) is 7.55. The van der Waals surface area contributed by atoms with Crippen LogP contribution < -0.4 is 5.32 Å². The monoisotopic (exact) mass is 408 g/mol. The van der Waals surface area contributed by atoms with Gasteiger partial charge in [-0.15, -0.1) is 0 Å². The zero-order valence-electron chi connectivity index (χ0n) is 14.7. The molecule has 6 nitrogen and oxygen atoms in total. The largest absolute Gasteiger partial charge is 0.463 e. The average Bonchev–Trinajstić information content (AvgIpc) is 2.54. The Morgan fingerprint density at radius 2 is 1.64 bits per heavy atom. The van der Waals surface area contributed by atoms with Crippen molar-refractivity contribution in [2.45, 2.75) is 33.6 Å². The van der Waals surface area contributed by atoms with E-state index in [9.17, 15) is 9.59 Å². The molecule has 0 atom stereocenters. The topological polar surface area (TPSA) is 77.5 Å². The number of dihydropyridines is 1. The number of nitrogens with zero attached hydrogens (tertiary/aromatic N) is 1. The lowest BCUT2D eigenvalue weighted by molar-refractivity contribution is -0.139. The molecule has 1 aliphatic rings. The standard InChI is InChI=1S/C18H21BrN2O4/c1-5-24-17(22)13-10(3)21-11(4)14(18(23)25-6-2)15(13)12-8-7-9-20-16(12)19/h7-9,15,21H,5-6H2,1-4H3. The maximum Gasteiger partial charge on any atom is 0.336 e. The summed E-state index contributed by atoms with van der Waals surface area (Å²) in [6.07, 6.45) is 1.63. The van der Waals surface area contributed by atoms with Gasteiger partial charge in [-0.2, -0.15) is 0 Å². The molecule has 0 aliphatic carbocycles. The molecule has 0 unspecified atom stereocenters. The highest BCUT2D eigenvalue weighted by Gasteiger charge is 2.38. The molecule has 1 aliphatic heterocycles. The van der Waals surface area contributed by atoms with Crippen molar-refractivity contribution >= 4 is 27.9 Å². The maximum atomic E-state index is 12.6. The normalized spacial score (nSPS) is 15.1. The van der Waals surface area contributed by atoms with Crippen LogP contribution in [0.4, 0.5) is 0 Å². The van der Waals surface area contributed by atoms with Crippen LogP contribution in [-0.2, 0) is 19.1 Å². The first-order chi connectivity index (χ1) is 11.9. The molecular weight excluding hydrogens is 388 g/mol. The number of nitrogens with one attached hydrogen (secondary N) is 1. The fourth-order valence-electron chi connectivity index (χ4n) is 2.88. The van der Waals surface area contributed by atoms with Gasteiger partial charge in [0.05, 0.1) is 30.3 Å². The second-order valence-electron chi connectivity index (χ2n) is 5.46. The zero-order chi connectivity index (χ0) is 18.6. The number of aromatic nitrogens is 1. The molecular formula is C18H21BrN2O4. The van der Waals surface area contributed by atoms with Gasteiger partial charge in [0.25, 0.3) is 0 Å². The Balaban J connectivity index is 2.66. The van der Waals surface area contributed by atoms with E-state index in [4.69, 9.17) is 9.47 Å². The van der Waals surface area contributed by atoms with E-state index in [1.54, 1.807) is 40.0 Å². The predicted octanol–water partition coefficient (Wildman–Crippen LogP) is 3.21. The number of allylic oxidation sites excluding steroid dienone is 2. The van der Waals surface area contributed by atoms with Gasteiger partial charge in [0.1, 0.15) is 4.60 Å². The minimum absolute atomic E-state index is 0.244. The number of pyridine rings is 1. The van der Waals surface area contributed by atoms with Crippen LogP contribution in [0.1, 0.15) is 39.2 Å². The van der Waals surface area contributed by atoms with E-state index >= 15 is 0 Å². The molecule has 1 N–H and O–H groups in total. The summed E-state index contributed by atoms with van der Waals surface area (Å²) in [5.74, 6) is -1.56. The molecule has 1 aromatic rings. The predicted molar refractivity (Wildman–Crippen MR) is 96.5 cm³/mol. The highest BCUT2D eigenvalue weighted by Crippen LogP contribution is 2.41. The Kier molecular flexibility index (Phi) is 6.36. The van der Waals surface area contributed by atoms with Crippen LogP contribution >= 0.6 is 15.9 Å². The molecule has 134 valence electrons. The summed E-state index contributed by atoms with van der Waals surface area (Å²) < 4.78 is 11.0. The third-order valence-electron chi connectivity index (χ3n) is 3.85. The fourth-order valence-corrected chi connectivity index (χ4v) is 3.36. The van der Waals surface area contributed by atoms with Gasteiger partial charge in [-0.05, 0) is 55.3 Å². The lowest BCUT2D eigenvalue weighted by Crippen LogP contribution is -2.32. The Labute approximate surface area is 155 Å². The van der Waals surface area contributed by atoms with E-state index in [1.807, 2.05) is 6.07 Å². The zero-order valence-corrected chi connectivity index (χ0v) is 16.3. The molecule has 2 heterocycles. The van der Waals surface area contributed by atoms with E-state index in [0.717, 1.165) is 0 Å². The molecule has 0 fully saturated rings. The van der Waals surface area contributed by atoms with Gasteiger partial charge in [0.15, 0.2) is 0 Å². The van der Waals surface area contributed by atoms with Crippen LogP contribution in [0.25, 0.3) is 0 Å². The number of carbonyl (C=O) groups is 2. The van der Waals surface area contributed by atoms with Crippen molar-refractivity contribution < 1.29 is 19.1 Å². The Bertz CT molecular complexity index is 715. The van der Waals surface area contributed by atoms with Crippen molar-refractivity contribution in [1.29, 1.82) is 0 Å². The highest BCUT2D eigenvalue weighted by atomic mass is 79.9. The van der Waals surface area contributed by atoms with Crippen LogP contribution in [0.5, 0.6) is 0 Å². The summed E-state index contributed by atoms with van der Waals surface area (Å²) in [5, 5.41) is 3.10. The molecule has 0 saturated heterocycles. The van der Waals surface area contributed by atoms with Crippen LogP contribution in [0.15, 0.2) is 45.5 Å². The van der Waals surface area contributed by atoms with Gasteiger partial charge < -0.3 is 14.8 Å². The smallest absolute Gasteiger partial charge is 0.336 e. The lowest BCUT2D eigenvalue weighted by Gasteiger charge is -2.30. The van der Waals surface area contributed by atoms with E-state index in [2.05, 4.69) is 26.2 Å². The number of rotatable bonds is 5. The number of ether oxygens (including phenoxy) is 2. The van der Waals surface area contributed by atoms with Crippen LogP contribution in [-0.4, -0.2) is 30.1 Å². The van der Waals surface area contributed by atoms with Crippen molar-refractivity contribution in [1.82, 2.24) is 10.3 Å². The molecule has 0 spiro atoms. The third kappa shape index (κ3) is 3.92. The molecule has 0 radical (unpaired) electrons. The number of halogens is 1. The number of carbonyl (C=O) groups excluding carboxylic acids is 2. The minimum atomic E-state index is -0.623. The van der Waals surface area contributed by atoms with Crippen LogP contribution in [0.2, 0.25) is 0 Å². The first kappa shape index (κ1) is 19.2. The summed E-state index contributed by atoms with van der Waals surface area (Å²) in [7, 11) is 0. The Hall–Kier alpha value is -2.15. The maximum absolute atomic E-state index is 12.6. The van der Waals surface area contributed by atoms with Gasteiger partial charge in [0, 0.05) is 17.6 Å².